The Hall–Kier alpha value is -2.82. The predicted octanol–water partition coefficient (Wildman–Crippen LogP) is 4.90. The number of rotatable bonds is 6. The van der Waals surface area contributed by atoms with Gasteiger partial charge in [0.25, 0.3) is 5.91 Å². The van der Waals surface area contributed by atoms with Crippen molar-refractivity contribution in [3.8, 4) is 5.75 Å². The zero-order valence-corrected chi connectivity index (χ0v) is 17.4. The van der Waals surface area contributed by atoms with Crippen LogP contribution in [0.2, 0.25) is 0 Å². The lowest BCUT2D eigenvalue weighted by molar-refractivity contribution is -0.143. The first-order chi connectivity index (χ1) is 15.4. The van der Waals surface area contributed by atoms with Crippen molar-refractivity contribution < 1.29 is 36.2 Å². The average molecular weight is 475 g/mol. The second-order valence-electron chi connectivity index (χ2n) is 8.07. The standard InChI is InChI=1S/C22H23F6N3O2/c23-21(24,25)15-8-14(9-16(10-15)22(26,27)28)20(33)31-11-13-3-5-17(6-4-13)30-12-18-19(32)2-1-7-29-18/h1-2,7-10,13,17,30,32H,3-6,11-12H2,(H,31,33)/t13-,17-. The van der Waals surface area contributed by atoms with Gasteiger partial charge in [0.2, 0.25) is 0 Å². The maximum atomic E-state index is 13.0. The van der Waals surface area contributed by atoms with Crippen LogP contribution >= 0.6 is 0 Å². The van der Waals surface area contributed by atoms with Crippen molar-refractivity contribution in [2.45, 2.75) is 50.6 Å². The molecule has 0 spiro atoms. The molecule has 11 heteroatoms. The number of aromatic hydroxyl groups is 1. The highest BCUT2D eigenvalue weighted by molar-refractivity contribution is 5.94. The van der Waals surface area contributed by atoms with E-state index in [9.17, 15) is 36.2 Å². The van der Waals surface area contributed by atoms with Gasteiger partial charge in [0, 0.05) is 30.9 Å². The fourth-order valence-electron chi connectivity index (χ4n) is 3.80. The Kier molecular flexibility index (Phi) is 7.51. The first kappa shape index (κ1) is 24.8. The van der Waals surface area contributed by atoms with Crippen molar-refractivity contribution in [2.24, 2.45) is 5.92 Å². The molecule has 180 valence electrons. The van der Waals surface area contributed by atoms with Gasteiger partial charge in [-0.05, 0) is 61.9 Å². The Labute approximate surface area is 186 Å². The monoisotopic (exact) mass is 475 g/mol. The summed E-state index contributed by atoms with van der Waals surface area (Å²) < 4.78 is 77.9. The zero-order valence-electron chi connectivity index (χ0n) is 17.4. The average Bonchev–Trinajstić information content (AvgIpc) is 2.76. The van der Waals surface area contributed by atoms with E-state index in [1.165, 1.54) is 0 Å². The van der Waals surface area contributed by atoms with E-state index in [1.54, 1.807) is 18.3 Å². The Morgan fingerprint density at radius 1 is 1.00 bits per heavy atom. The van der Waals surface area contributed by atoms with Crippen LogP contribution in [-0.4, -0.2) is 28.6 Å². The third-order valence-electron chi connectivity index (χ3n) is 5.67. The van der Waals surface area contributed by atoms with Crippen molar-refractivity contribution in [1.29, 1.82) is 0 Å². The summed E-state index contributed by atoms with van der Waals surface area (Å²) in [5, 5.41) is 15.5. The molecule has 1 amide bonds. The quantitative estimate of drug-likeness (QED) is 0.520. The third-order valence-corrected chi connectivity index (χ3v) is 5.67. The number of amides is 1. The molecule has 1 fully saturated rings. The molecule has 33 heavy (non-hydrogen) atoms. The molecule has 1 aromatic carbocycles. The SMILES string of the molecule is O=C(NC[C@H]1CC[C@H](NCc2ncccc2O)CC1)c1cc(C(F)(F)F)cc(C(F)(F)F)c1. The van der Waals surface area contributed by atoms with E-state index in [-0.39, 0.29) is 30.3 Å². The Morgan fingerprint density at radius 2 is 1.61 bits per heavy atom. The number of nitrogens with one attached hydrogen (secondary N) is 2. The summed E-state index contributed by atoms with van der Waals surface area (Å²) in [6.45, 7) is 0.556. The van der Waals surface area contributed by atoms with E-state index in [1.807, 2.05) is 0 Å². The van der Waals surface area contributed by atoms with Crippen molar-refractivity contribution >= 4 is 5.91 Å². The summed E-state index contributed by atoms with van der Waals surface area (Å²) in [6.07, 6.45) is -5.43. The van der Waals surface area contributed by atoms with E-state index in [0.717, 1.165) is 25.7 Å². The fraction of sp³-hybridized carbons (Fsp3) is 0.455. The van der Waals surface area contributed by atoms with Gasteiger partial charge in [0.05, 0.1) is 16.8 Å². The first-order valence-corrected chi connectivity index (χ1v) is 10.4. The van der Waals surface area contributed by atoms with Crippen molar-refractivity contribution in [2.75, 3.05) is 6.54 Å². The minimum atomic E-state index is -5.01. The number of alkyl halides is 6. The molecule has 0 bridgehead atoms. The summed E-state index contributed by atoms with van der Waals surface area (Å²) >= 11 is 0. The predicted molar refractivity (Wildman–Crippen MR) is 107 cm³/mol. The van der Waals surface area contributed by atoms with Crippen molar-refractivity contribution in [1.82, 2.24) is 15.6 Å². The molecule has 1 heterocycles. The molecule has 0 radical (unpaired) electrons. The van der Waals surface area contributed by atoms with Gasteiger partial charge in [-0.1, -0.05) is 0 Å². The van der Waals surface area contributed by atoms with E-state index in [2.05, 4.69) is 15.6 Å². The molecule has 1 saturated carbocycles. The van der Waals surface area contributed by atoms with Gasteiger partial charge in [-0.3, -0.25) is 9.78 Å². The highest BCUT2D eigenvalue weighted by Crippen LogP contribution is 2.36. The maximum absolute atomic E-state index is 13.0. The number of halogens is 6. The smallest absolute Gasteiger partial charge is 0.416 e. The molecule has 5 nitrogen and oxygen atoms in total. The molecule has 0 aliphatic heterocycles. The summed E-state index contributed by atoms with van der Waals surface area (Å²) in [5.74, 6) is -0.815. The van der Waals surface area contributed by atoms with Gasteiger partial charge >= 0.3 is 12.4 Å². The Balaban J connectivity index is 1.53. The molecule has 0 atom stereocenters. The fourth-order valence-corrected chi connectivity index (χ4v) is 3.80. The molecule has 2 aromatic rings. The Bertz CT molecular complexity index is 937. The number of carbonyl (C=O) groups excluding carboxylic acids is 1. The molecule has 1 aromatic heterocycles. The lowest BCUT2D eigenvalue weighted by Gasteiger charge is -2.29. The maximum Gasteiger partial charge on any atom is 0.416 e. The number of carbonyl (C=O) groups is 1. The topological polar surface area (TPSA) is 74.2 Å². The second-order valence-corrected chi connectivity index (χ2v) is 8.07. The van der Waals surface area contributed by atoms with E-state index in [4.69, 9.17) is 0 Å². The number of hydrogen-bond donors (Lipinski definition) is 3. The van der Waals surface area contributed by atoms with Gasteiger partial charge in [0.15, 0.2) is 0 Å². The minimum absolute atomic E-state index is 0.00420. The molecule has 1 aliphatic rings. The highest BCUT2D eigenvalue weighted by atomic mass is 19.4. The summed E-state index contributed by atoms with van der Waals surface area (Å²) in [4.78, 5) is 16.4. The van der Waals surface area contributed by atoms with Crippen LogP contribution in [0, 0.1) is 5.92 Å². The van der Waals surface area contributed by atoms with E-state index < -0.39 is 35.0 Å². The highest BCUT2D eigenvalue weighted by Gasteiger charge is 2.37. The summed E-state index contributed by atoms with van der Waals surface area (Å²) in [6, 6.07) is 4.20. The largest absolute Gasteiger partial charge is 0.506 e. The summed E-state index contributed by atoms with van der Waals surface area (Å²) in [7, 11) is 0. The number of hydrogen-bond acceptors (Lipinski definition) is 4. The van der Waals surface area contributed by atoms with Crippen LogP contribution in [0.5, 0.6) is 5.75 Å². The molecular weight excluding hydrogens is 452 g/mol. The normalized spacial score (nSPS) is 19.3. The molecular formula is C22H23F6N3O2. The van der Waals surface area contributed by atoms with Gasteiger partial charge in [0.1, 0.15) is 5.75 Å². The zero-order chi connectivity index (χ0) is 24.2. The van der Waals surface area contributed by atoms with Crippen LogP contribution in [0.3, 0.4) is 0 Å². The number of benzene rings is 1. The van der Waals surface area contributed by atoms with E-state index >= 15 is 0 Å². The number of aromatic nitrogens is 1. The van der Waals surface area contributed by atoms with Crippen LogP contribution < -0.4 is 10.6 Å². The minimum Gasteiger partial charge on any atom is -0.506 e. The first-order valence-electron chi connectivity index (χ1n) is 10.4. The lowest BCUT2D eigenvalue weighted by atomic mass is 9.86. The van der Waals surface area contributed by atoms with Crippen molar-refractivity contribution in [3.63, 3.8) is 0 Å². The lowest BCUT2D eigenvalue weighted by Crippen LogP contribution is -2.37. The third kappa shape index (κ3) is 6.83. The van der Waals surface area contributed by atoms with Crippen LogP contribution in [0.1, 0.15) is 52.9 Å². The number of pyridine rings is 1. The van der Waals surface area contributed by atoms with Crippen molar-refractivity contribution in [3.05, 3.63) is 58.9 Å². The van der Waals surface area contributed by atoms with Crippen LogP contribution in [0.4, 0.5) is 26.3 Å². The molecule has 3 rings (SSSR count). The van der Waals surface area contributed by atoms with Crippen LogP contribution in [0.15, 0.2) is 36.5 Å². The molecule has 3 N–H and O–H groups in total. The number of nitrogens with zero attached hydrogens (tertiary/aromatic N) is 1. The van der Waals surface area contributed by atoms with Gasteiger partial charge in [-0.15, -0.1) is 0 Å². The van der Waals surface area contributed by atoms with Crippen LogP contribution in [0.25, 0.3) is 0 Å². The second kappa shape index (κ2) is 9.98. The molecule has 0 saturated heterocycles. The van der Waals surface area contributed by atoms with Gasteiger partial charge in [-0.2, -0.15) is 26.3 Å². The molecule has 1 aliphatic carbocycles. The van der Waals surface area contributed by atoms with E-state index in [0.29, 0.717) is 24.4 Å². The Morgan fingerprint density at radius 3 is 2.15 bits per heavy atom. The molecule has 0 unspecified atom stereocenters. The van der Waals surface area contributed by atoms with Gasteiger partial charge < -0.3 is 15.7 Å². The summed E-state index contributed by atoms with van der Waals surface area (Å²) in [5.41, 5.74) is -3.19. The van der Waals surface area contributed by atoms with Crippen LogP contribution in [-0.2, 0) is 18.9 Å². The van der Waals surface area contributed by atoms with Gasteiger partial charge in [-0.25, -0.2) is 0 Å².